The van der Waals surface area contributed by atoms with Crippen LogP contribution in [0.5, 0.6) is 0 Å². The number of thiazole rings is 1. The Bertz CT molecular complexity index is 723. The first-order valence-electron chi connectivity index (χ1n) is 6.95. The van der Waals surface area contributed by atoms with Crippen LogP contribution in [-0.4, -0.2) is 30.8 Å². The van der Waals surface area contributed by atoms with Gasteiger partial charge in [0.1, 0.15) is 5.01 Å². The molecule has 1 N–H and O–H groups in total. The zero-order valence-corrected chi connectivity index (χ0v) is 14.2. The van der Waals surface area contributed by atoms with E-state index in [1.54, 1.807) is 17.5 Å². The van der Waals surface area contributed by atoms with Gasteiger partial charge in [0, 0.05) is 18.0 Å². The first-order valence-corrected chi connectivity index (χ1v) is 10.6. The molecule has 8 heteroatoms. The average molecular weight is 356 g/mol. The van der Waals surface area contributed by atoms with Crippen LogP contribution < -0.4 is 5.32 Å². The summed E-state index contributed by atoms with van der Waals surface area (Å²) in [7, 11) is -3.05. The number of carbonyl (C=O) groups excluding carboxylic acids is 1. The van der Waals surface area contributed by atoms with Gasteiger partial charge in [-0.15, -0.1) is 11.3 Å². The van der Waals surface area contributed by atoms with E-state index in [0.717, 1.165) is 10.6 Å². The summed E-state index contributed by atoms with van der Waals surface area (Å²) in [5.74, 6) is -0.550. The molecule has 1 fully saturated rings. The maximum atomic E-state index is 12.4. The molecule has 0 spiro atoms. The van der Waals surface area contributed by atoms with Crippen molar-refractivity contribution in [1.29, 1.82) is 0 Å². The average Bonchev–Trinajstić information content (AvgIpc) is 3.18. The van der Waals surface area contributed by atoms with Crippen LogP contribution in [0.2, 0.25) is 0 Å². The molecule has 5 nitrogen and oxygen atoms in total. The summed E-state index contributed by atoms with van der Waals surface area (Å²) in [6.45, 7) is 0. The Kier molecular flexibility index (Phi) is 4.60. The fourth-order valence-electron chi connectivity index (χ4n) is 2.54. The second kappa shape index (κ2) is 6.47. The van der Waals surface area contributed by atoms with Crippen LogP contribution in [0.3, 0.4) is 0 Å². The Morgan fingerprint density at radius 2 is 2.32 bits per heavy atom. The lowest BCUT2D eigenvalue weighted by Gasteiger charge is -2.18. The summed E-state index contributed by atoms with van der Waals surface area (Å²) in [5, 5.41) is 9.76. The van der Waals surface area contributed by atoms with Gasteiger partial charge in [-0.25, -0.2) is 13.4 Å². The molecule has 2 aromatic heterocycles. The van der Waals surface area contributed by atoms with Crippen molar-refractivity contribution in [2.45, 2.75) is 18.9 Å². The van der Waals surface area contributed by atoms with Crippen molar-refractivity contribution in [1.82, 2.24) is 10.3 Å². The lowest BCUT2D eigenvalue weighted by Crippen LogP contribution is -2.35. The highest BCUT2D eigenvalue weighted by Gasteiger charge is 2.34. The van der Waals surface area contributed by atoms with Crippen LogP contribution in [0.4, 0.5) is 0 Å². The van der Waals surface area contributed by atoms with Crippen LogP contribution in [0.15, 0.2) is 28.4 Å². The Hall–Kier alpha value is -1.25. The molecule has 118 valence electrons. The lowest BCUT2D eigenvalue weighted by atomic mass is 10.1. The van der Waals surface area contributed by atoms with E-state index in [4.69, 9.17) is 0 Å². The molecule has 1 saturated heterocycles. The van der Waals surface area contributed by atoms with E-state index < -0.39 is 15.8 Å². The van der Waals surface area contributed by atoms with Crippen molar-refractivity contribution in [2.75, 3.05) is 11.5 Å². The molecular formula is C14H16N2O3S3. The molecule has 1 amide bonds. The van der Waals surface area contributed by atoms with Crippen molar-refractivity contribution < 1.29 is 13.2 Å². The van der Waals surface area contributed by atoms with Gasteiger partial charge in [0.15, 0.2) is 9.84 Å². The molecule has 0 aliphatic carbocycles. The van der Waals surface area contributed by atoms with Crippen molar-refractivity contribution in [2.24, 2.45) is 5.92 Å². The van der Waals surface area contributed by atoms with E-state index in [1.807, 2.05) is 22.2 Å². The van der Waals surface area contributed by atoms with Gasteiger partial charge in [0.05, 0.1) is 23.5 Å². The molecule has 2 atom stereocenters. The van der Waals surface area contributed by atoms with Crippen LogP contribution in [-0.2, 0) is 21.1 Å². The number of hydrogen-bond donors (Lipinski definition) is 1. The van der Waals surface area contributed by atoms with Gasteiger partial charge < -0.3 is 5.32 Å². The molecule has 0 saturated carbocycles. The minimum Gasteiger partial charge on any atom is -0.346 e. The topological polar surface area (TPSA) is 76.1 Å². The molecule has 1 aliphatic rings. The highest BCUT2D eigenvalue weighted by Crippen LogP contribution is 2.24. The number of hydrogen-bond acceptors (Lipinski definition) is 6. The highest BCUT2D eigenvalue weighted by atomic mass is 32.2. The summed E-state index contributed by atoms with van der Waals surface area (Å²) in [4.78, 5) is 16.7. The van der Waals surface area contributed by atoms with E-state index in [-0.39, 0.29) is 23.5 Å². The first kappa shape index (κ1) is 15.6. The number of amides is 1. The summed E-state index contributed by atoms with van der Waals surface area (Å²) in [6, 6.07) is 1.82. The molecule has 0 radical (unpaired) electrons. The number of carbonyl (C=O) groups is 1. The van der Waals surface area contributed by atoms with Crippen molar-refractivity contribution in [3.8, 4) is 0 Å². The van der Waals surface area contributed by atoms with Crippen LogP contribution in [0, 0.1) is 5.92 Å². The quantitative estimate of drug-likeness (QED) is 0.889. The maximum absolute atomic E-state index is 12.4. The molecule has 22 heavy (non-hydrogen) atoms. The number of aromatic nitrogens is 1. The second-order valence-corrected chi connectivity index (χ2v) is 9.30. The number of nitrogens with one attached hydrogen (secondary N) is 1. The normalized spacial score (nSPS) is 21.5. The highest BCUT2D eigenvalue weighted by molar-refractivity contribution is 7.91. The Labute approximate surface area is 137 Å². The van der Waals surface area contributed by atoms with Gasteiger partial charge >= 0.3 is 0 Å². The number of rotatable bonds is 5. The zero-order chi connectivity index (χ0) is 15.6. The van der Waals surface area contributed by atoms with Gasteiger partial charge in [-0.1, -0.05) is 0 Å². The molecule has 2 aromatic rings. The maximum Gasteiger partial charge on any atom is 0.224 e. The summed E-state index contributed by atoms with van der Waals surface area (Å²) >= 11 is 3.11. The number of thiophene rings is 1. The van der Waals surface area contributed by atoms with E-state index >= 15 is 0 Å². The van der Waals surface area contributed by atoms with Gasteiger partial charge in [-0.05, 0) is 28.8 Å². The number of sulfone groups is 1. The van der Waals surface area contributed by atoms with Crippen LogP contribution >= 0.6 is 22.7 Å². The molecule has 1 aliphatic heterocycles. The van der Waals surface area contributed by atoms with E-state index in [9.17, 15) is 13.2 Å². The molecule has 0 bridgehead atoms. The largest absolute Gasteiger partial charge is 0.346 e. The molecule has 3 rings (SSSR count). The first-order chi connectivity index (χ1) is 10.5. The number of nitrogens with zero attached hydrogens (tertiary/aromatic N) is 1. The summed E-state index contributed by atoms with van der Waals surface area (Å²) in [6.07, 6.45) is 2.80. The Morgan fingerprint density at radius 1 is 1.45 bits per heavy atom. The van der Waals surface area contributed by atoms with Gasteiger partial charge in [-0.2, -0.15) is 11.3 Å². The Morgan fingerprint density at radius 3 is 2.91 bits per heavy atom. The van der Waals surface area contributed by atoms with Crippen LogP contribution in [0.1, 0.15) is 23.0 Å². The monoisotopic (exact) mass is 356 g/mol. The molecule has 0 aromatic carbocycles. The van der Waals surface area contributed by atoms with Crippen LogP contribution in [0.25, 0.3) is 0 Å². The third kappa shape index (κ3) is 3.74. The second-order valence-electron chi connectivity index (χ2n) is 5.37. The third-order valence-corrected chi connectivity index (χ3v) is 7.08. The molecule has 2 unspecified atom stereocenters. The Balaban J connectivity index is 1.71. The van der Waals surface area contributed by atoms with Gasteiger partial charge in [-0.3, -0.25) is 4.79 Å². The van der Waals surface area contributed by atoms with Crippen molar-refractivity contribution in [3.63, 3.8) is 0 Å². The molecular weight excluding hydrogens is 340 g/mol. The lowest BCUT2D eigenvalue weighted by molar-refractivity contribution is -0.125. The van der Waals surface area contributed by atoms with Gasteiger partial charge in [0.2, 0.25) is 5.91 Å². The fourth-order valence-corrected chi connectivity index (χ4v) is 5.65. The summed E-state index contributed by atoms with van der Waals surface area (Å²) in [5.41, 5.74) is 1.14. The predicted molar refractivity (Wildman–Crippen MR) is 87.8 cm³/mol. The van der Waals surface area contributed by atoms with Gasteiger partial charge in [0.25, 0.3) is 0 Å². The SMILES string of the molecule is O=C(NC(Cc1ccsc1)c1nccs1)C1CCS(=O)(=O)C1. The van der Waals surface area contributed by atoms with Crippen molar-refractivity contribution in [3.05, 3.63) is 39.0 Å². The predicted octanol–water partition coefficient (Wildman–Crippen LogP) is 2.04. The molecule has 3 heterocycles. The standard InChI is InChI=1S/C14H16N2O3S3/c17-13(11-2-6-22(18,19)9-11)16-12(14-15-3-5-21-14)7-10-1-4-20-8-10/h1,3-5,8,11-12H,2,6-7,9H2,(H,16,17). The zero-order valence-electron chi connectivity index (χ0n) is 11.8. The van der Waals surface area contributed by atoms with E-state index in [2.05, 4.69) is 10.3 Å². The van der Waals surface area contributed by atoms with E-state index in [1.165, 1.54) is 11.3 Å². The minimum atomic E-state index is -3.05. The minimum absolute atomic E-state index is 0.0398. The summed E-state index contributed by atoms with van der Waals surface area (Å²) < 4.78 is 23.1. The van der Waals surface area contributed by atoms with E-state index in [0.29, 0.717) is 12.8 Å². The van der Waals surface area contributed by atoms with Crippen molar-refractivity contribution >= 4 is 38.4 Å². The smallest absolute Gasteiger partial charge is 0.224 e. The fraction of sp³-hybridized carbons (Fsp3) is 0.429. The third-order valence-electron chi connectivity index (χ3n) is 3.69.